The van der Waals surface area contributed by atoms with Gasteiger partial charge in [0.15, 0.2) is 6.10 Å². The molecular formula is C53H88O6. The molecule has 0 aliphatic heterocycles. The van der Waals surface area contributed by atoms with Gasteiger partial charge in [0.05, 0.1) is 0 Å². The van der Waals surface area contributed by atoms with Crippen molar-refractivity contribution in [2.45, 2.75) is 219 Å². The summed E-state index contributed by atoms with van der Waals surface area (Å²) >= 11 is 0. The monoisotopic (exact) mass is 821 g/mol. The van der Waals surface area contributed by atoms with Crippen molar-refractivity contribution in [3.8, 4) is 0 Å². The molecule has 0 saturated carbocycles. The maximum absolute atomic E-state index is 12.7. The zero-order valence-corrected chi connectivity index (χ0v) is 38.2. The Morgan fingerprint density at radius 3 is 1.19 bits per heavy atom. The van der Waals surface area contributed by atoms with Crippen molar-refractivity contribution in [1.82, 2.24) is 0 Å². The van der Waals surface area contributed by atoms with Gasteiger partial charge in [0.2, 0.25) is 0 Å². The summed E-state index contributed by atoms with van der Waals surface area (Å²) < 4.78 is 16.7. The predicted molar refractivity (Wildman–Crippen MR) is 251 cm³/mol. The van der Waals surface area contributed by atoms with E-state index in [1.165, 1.54) is 57.8 Å². The fraction of sp³-hybridized carbons (Fsp3) is 0.679. The third-order valence-corrected chi connectivity index (χ3v) is 9.83. The molecule has 0 aromatic carbocycles. The molecule has 0 N–H and O–H groups in total. The summed E-state index contributed by atoms with van der Waals surface area (Å²) in [5.41, 5.74) is 0. The predicted octanol–water partition coefficient (Wildman–Crippen LogP) is 15.6. The molecular weight excluding hydrogens is 733 g/mol. The molecule has 6 nitrogen and oxygen atoms in total. The number of ether oxygens (including phenoxy) is 3. The van der Waals surface area contributed by atoms with Crippen molar-refractivity contribution in [1.29, 1.82) is 0 Å². The Bertz CT molecular complexity index is 1170. The van der Waals surface area contributed by atoms with Gasteiger partial charge >= 0.3 is 17.9 Å². The van der Waals surface area contributed by atoms with Crippen LogP contribution in [0.5, 0.6) is 0 Å². The topological polar surface area (TPSA) is 78.9 Å². The number of allylic oxidation sites excluding steroid dienone is 14. The molecule has 0 aliphatic carbocycles. The molecule has 0 fully saturated rings. The Balaban J connectivity index is 4.49. The minimum atomic E-state index is -0.805. The van der Waals surface area contributed by atoms with Gasteiger partial charge in [-0.2, -0.15) is 0 Å². The van der Waals surface area contributed by atoms with E-state index >= 15 is 0 Å². The molecule has 0 radical (unpaired) electrons. The van der Waals surface area contributed by atoms with E-state index in [9.17, 15) is 14.4 Å². The molecule has 0 heterocycles. The van der Waals surface area contributed by atoms with Crippen molar-refractivity contribution in [3.05, 3.63) is 85.1 Å². The summed E-state index contributed by atoms with van der Waals surface area (Å²) in [5.74, 6) is -0.988. The highest BCUT2D eigenvalue weighted by molar-refractivity contribution is 5.71. The van der Waals surface area contributed by atoms with Crippen molar-refractivity contribution >= 4 is 17.9 Å². The average Bonchev–Trinajstić information content (AvgIpc) is 3.23. The van der Waals surface area contributed by atoms with Crippen LogP contribution in [0.15, 0.2) is 85.1 Å². The summed E-state index contributed by atoms with van der Waals surface area (Å²) in [6.07, 6.45) is 60.0. The van der Waals surface area contributed by atoms with Crippen LogP contribution in [0.4, 0.5) is 0 Å². The molecule has 0 saturated heterocycles. The third kappa shape index (κ3) is 45.5. The van der Waals surface area contributed by atoms with Crippen molar-refractivity contribution in [3.63, 3.8) is 0 Å². The lowest BCUT2D eigenvalue weighted by Crippen LogP contribution is -2.30. The second kappa shape index (κ2) is 47.3. The lowest BCUT2D eigenvalue weighted by molar-refractivity contribution is -0.167. The van der Waals surface area contributed by atoms with E-state index in [-0.39, 0.29) is 37.5 Å². The Labute approximate surface area is 363 Å². The van der Waals surface area contributed by atoms with Crippen LogP contribution in [0.3, 0.4) is 0 Å². The molecule has 0 aromatic heterocycles. The minimum absolute atomic E-state index is 0.103. The molecule has 0 aromatic rings. The molecule has 0 rings (SSSR count). The van der Waals surface area contributed by atoms with E-state index in [0.717, 1.165) is 109 Å². The summed E-state index contributed by atoms with van der Waals surface area (Å²) in [7, 11) is 0. The van der Waals surface area contributed by atoms with E-state index < -0.39 is 6.10 Å². The summed E-state index contributed by atoms with van der Waals surface area (Å²) in [5, 5.41) is 0. The highest BCUT2D eigenvalue weighted by atomic mass is 16.6. The van der Waals surface area contributed by atoms with E-state index in [1.807, 2.05) is 0 Å². The van der Waals surface area contributed by atoms with Crippen LogP contribution in [0, 0.1) is 0 Å². The summed E-state index contributed by atoms with van der Waals surface area (Å²) in [6, 6.07) is 0. The van der Waals surface area contributed by atoms with E-state index in [1.54, 1.807) is 0 Å². The third-order valence-electron chi connectivity index (χ3n) is 9.83. The molecule has 0 amide bonds. The first-order chi connectivity index (χ1) is 29.0. The average molecular weight is 821 g/mol. The van der Waals surface area contributed by atoms with Gasteiger partial charge in [-0.05, 0) is 103 Å². The first kappa shape index (κ1) is 55.6. The molecule has 336 valence electrons. The quantitative estimate of drug-likeness (QED) is 0.0264. The summed E-state index contributed by atoms with van der Waals surface area (Å²) in [6.45, 7) is 6.37. The van der Waals surface area contributed by atoms with Crippen LogP contribution in [0.1, 0.15) is 213 Å². The second-order valence-electron chi connectivity index (χ2n) is 15.6. The molecule has 1 unspecified atom stereocenters. The van der Waals surface area contributed by atoms with E-state index in [0.29, 0.717) is 19.3 Å². The number of carbonyl (C=O) groups is 3. The SMILES string of the molecule is CC/C=C\C/C=C\C/C=C\C/C=C\C/C=C\CCCC(=O)OCC(COC(=O)CCCCCCC/C=C\CCC)OC(=O)CCCCCCC/C=C\CCCCCCC. The molecule has 0 spiro atoms. The standard InChI is InChI=1S/C53H88O6/c1-4-7-10-13-16-19-22-24-26-27-28-30-31-34-37-40-43-46-52(55)58-49-50(48-57-51(54)45-42-39-36-33-21-18-15-12-9-6-3)59-53(56)47-44-41-38-35-32-29-25-23-20-17-14-11-8-5-2/h7,10,12,15-16,19,23-26,28,30,34,37,50H,4-6,8-9,11,13-14,17-18,20-22,27,29,31-33,35-36,38-49H2,1-3H3/b10-7-,15-12-,19-16-,25-23-,26-24-,30-28-,37-34-. The van der Waals surface area contributed by atoms with Gasteiger partial charge < -0.3 is 14.2 Å². The maximum atomic E-state index is 12.7. The van der Waals surface area contributed by atoms with Crippen molar-refractivity contribution in [2.75, 3.05) is 13.2 Å². The van der Waals surface area contributed by atoms with Gasteiger partial charge in [0, 0.05) is 19.3 Å². The first-order valence-electron chi connectivity index (χ1n) is 24.1. The largest absolute Gasteiger partial charge is 0.462 e. The van der Waals surface area contributed by atoms with Crippen molar-refractivity contribution < 1.29 is 28.6 Å². The van der Waals surface area contributed by atoms with Crippen LogP contribution in [0.25, 0.3) is 0 Å². The van der Waals surface area contributed by atoms with Gasteiger partial charge in [-0.15, -0.1) is 0 Å². The van der Waals surface area contributed by atoms with Crippen LogP contribution < -0.4 is 0 Å². The minimum Gasteiger partial charge on any atom is -0.462 e. The Morgan fingerprint density at radius 1 is 0.356 bits per heavy atom. The number of carbonyl (C=O) groups excluding carboxylic acids is 3. The van der Waals surface area contributed by atoms with E-state index in [2.05, 4.69) is 106 Å². The first-order valence-corrected chi connectivity index (χ1v) is 24.1. The maximum Gasteiger partial charge on any atom is 0.306 e. The van der Waals surface area contributed by atoms with Gasteiger partial charge in [-0.3, -0.25) is 14.4 Å². The van der Waals surface area contributed by atoms with Crippen LogP contribution >= 0.6 is 0 Å². The van der Waals surface area contributed by atoms with Gasteiger partial charge in [-0.25, -0.2) is 0 Å². The number of hydrogen-bond acceptors (Lipinski definition) is 6. The van der Waals surface area contributed by atoms with Crippen LogP contribution in [-0.2, 0) is 28.6 Å². The second-order valence-corrected chi connectivity index (χ2v) is 15.6. The fourth-order valence-corrected chi connectivity index (χ4v) is 6.24. The molecule has 0 bridgehead atoms. The zero-order chi connectivity index (χ0) is 43.0. The number of hydrogen-bond donors (Lipinski definition) is 0. The molecule has 1 atom stereocenters. The Morgan fingerprint density at radius 2 is 0.712 bits per heavy atom. The number of unbranched alkanes of at least 4 members (excludes halogenated alkanes) is 17. The normalized spacial score (nSPS) is 12.8. The van der Waals surface area contributed by atoms with Gasteiger partial charge in [0.1, 0.15) is 13.2 Å². The van der Waals surface area contributed by atoms with Crippen LogP contribution in [-0.4, -0.2) is 37.2 Å². The van der Waals surface area contributed by atoms with E-state index in [4.69, 9.17) is 14.2 Å². The van der Waals surface area contributed by atoms with Crippen molar-refractivity contribution in [2.24, 2.45) is 0 Å². The molecule has 6 heteroatoms. The summed E-state index contributed by atoms with van der Waals surface area (Å²) in [4.78, 5) is 37.8. The molecule has 0 aliphatic rings. The lowest BCUT2D eigenvalue weighted by Gasteiger charge is -2.18. The fourth-order valence-electron chi connectivity index (χ4n) is 6.24. The highest BCUT2D eigenvalue weighted by Crippen LogP contribution is 2.13. The number of rotatable bonds is 42. The van der Waals surface area contributed by atoms with Crippen LogP contribution in [0.2, 0.25) is 0 Å². The van der Waals surface area contributed by atoms with Gasteiger partial charge in [-0.1, -0.05) is 176 Å². The Hall–Kier alpha value is -3.41. The Kier molecular flexibility index (Phi) is 44.5. The smallest absolute Gasteiger partial charge is 0.306 e. The number of esters is 3. The highest BCUT2D eigenvalue weighted by Gasteiger charge is 2.19. The molecule has 59 heavy (non-hydrogen) atoms. The zero-order valence-electron chi connectivity index (χ0n) is 38.2. The lowest BCUT2D eigenvalue weighted by atomic mass is 10.1. The van der Waals surface area contributed by atoms with Gasteiger partial charge in [0.25, 0.3) is 0 Å².